The van der Waals surface area contributed by atoms with Gasteiger partial charge in [0.15, 0.2) is 6.54 Å². The summed E-state index contributed by atoms with van der Waals surface area (Å²) in [7, 11) is 0. The first-order chi connectivity index (χ1) is 11.4. The van der Waals surface area contributed by atoms with E-state index in [2.05, 4.69) is 5.32 Å². The van der Waals surface area contributed by atoms with E-state index in [1.54, 1.807) is 6.07 Å². The van der Waals surface area contributed by atoms with E-state index >= 15 is 0 Å². The van der Waals surface area contributed by atoms with Crippen molar-refractivity contribution < 1.29 is 15.0 Å². The van der Waals surface area contributed by atoms with Crippen LogP contribution in [0.1, 0.15) is 18.5 Å². The second-order valence-electron chi connectivity index (χ2n) is 5.25. The van der Waals surface area contributed by atoms with Crippen LogP contribution in [0.2, 0.25) is 10.0 Å². The van der Waals surface area contributed by atoms with Gasteiger partial charge in [0, 0.05) is 22.7 Å². The Hall–Kier alpha value is -2.15. The number of carbonyl (C=O) groups excluding carboxylic acids is 1. The van der Waals surface area contributed by atoms with Crippen molar-refractivity contribution in [3.05, 3.63) is 68.2 Å². The highest BCUT2D eigenvalue weighted by molar-refractivity contribution is 6.34. The Morgan fingerprint density at radius 1 is 1.29 bits per heavy atom. The average molecular weight is 369 g/mol. The lowest BCUT2D eigenvalue weighted by atomic mass is 10.1. The van der Waals surface area contributed by atoms with Crippen LogP contribution in [-0.4, -0.2) is 17.4 Å². The topological polar surface area (TPSA) is 88.8 Å². The van der Waals surface area contributed by atoms with Gasteiger partial charge in [-0.25, -0.2) is 0 Å². The predicted octanol–water partition coefficient (Wildman–Crippen LogP) is 3.16. The number of rotatable bonds is 6. The van der Waals surface area contributed by atoms with Gasteiger partial charge in [-0.05, 0) is 25.1 Å². The highest BCUT2D eigenvalue weighted by atomic mass is 35.5. The fourth-order valence-corrected chi connectivity index (χ4v) is 2.55. The summed E-state index contributed by atoms with van der Waals surface area (Å²) in [6.45, 7) is 2.15. The minimum atomic E-state index is -0.544. The molecule has 0 unspecified atom stereocenters. The van der Waals surface area contributed by atoms with Gasteiger partial charge < -0.3 is 10.6 Å². The smallest absolute Gasteiger partial charge is 0.279 e. The second-order valence-corrected chi connectivity index (χ2v) is 6.10. The van der Waals surface area contributed by atoms with Crippen molar-refractivity contribution in [1.29, 1.82) is 0 Å². The van der Waals surface area contributed by atoms with E-state index in [1.165, 1.54) is 18.2 Å². The number of quaternary nitrogens is 1. The molecule has 1 amide bonds. The molecule has 24 heavy (non-hydrogen) atoms. The Bertz CT molecular complexity index is 768. The molecule has 2 aromatic rings. The van der Waals surface area contributed by atoms with Crippen LogP contribution in [0.3, 0.4) is 0 Å². The largest absolute Gasteiger partial charge is 0.333 e. The SMILES string of the molecule is C[C@H]([NH2+]CC(=O)Nc1ccc([N+](=O)[O-])cc1Cl)c1cccc(Cl)c1. The highest BCUT2D eigenvalue weighted by Crippen LogP contribution is 2.26. The number of nitrogens with zero attached hydrogens (tertiary/aromatic N) is 1. The van der Waals surface area contributed by atoms with Crippen LogP contribution < -0.4 is 10.6 Å². The standard InChI is InChI=1S/C16H15Cl2N3O3/c1-10(11-3-2-4-12(17)7-11)19-9-16(22)20-15-6-5-13(21(23)24)8-14(15)18/h2-8,10,19H,9H2,1H3,(H,20,22)/p+1/t10-/m0/s1. The number of halogens is 2. The van der Waals surface area contributed by atoms with Gasteiger partial charge >= 0.3 is 0 Å². The maximum Gasteiger partial charge on any atom is 0.279 e. The van der Waals surface area contributed by atoms with Crippen molar-refractivity contribution in [2.24, 2.45) is 0 Å². The number of hydrogen-bond donors (Lipinski definition) is 2. The van der Waals surface area contributed by atoms with E-state index in [-0.39, 0.29) is 29.2 Å². The molecule has 0 radical (unpaired) electrons. The number of carbonyl (C=O) groups is 1. The monoisotopic (exact) mass is 368 g/mol. The van der Waals surface area contributed by atoms with Crippen molar-refractivity contribution in [3.63, 3.8) is 0 Å². The quantitative estimate of drug-likeness (QED) is 0.606. The lowest BCUT2D eigenvalue weighted by Crippen LogP contribution is -2.86. The molecule has 0 aliphatic carbocycles. The van der Waals surface area contributed by atoms with Gasteiger partial charge in [-0.15, -0.1) is 0 Å². The van der Waals surface area contributed by atoms with Gasteiger partial charge in [0.25, 0.3) is 11.6 Å². The molecule has 0 heterocycles. The van der Waals surface area contributed by atoms with Crippen LogP contribution in [-0.2, 0) is 4.79 Å². The van der Waals surface area contributed by atoms with Crippen molar-refractivity contribution in [1.82, 2.24) is 0 Å². The van der Waals surface area contributed by atoms with E-state index in [1.807, 2.05) is 30.4 Å². The van der Waals surface area contributed by atoms with Crippen molar-refractivity contribution in [2.75, 3.05) is 11.9 Å². The van der Waals surface area contributed by atoms with Crippen LogP contribution in [0.25, 0.3) is 0 Å². The van der Waals surface area contributed by atoms with E-state index in [4.69, 9.17) is 23.2 Å². The lowest BCUT2D eigenvalue weighted by molar-refractivity contribution is -0.682. The molecule has 3 N–H and O–H groups in total. The molecule has 6 nitrogen and oxygen atoms in total. The molecule has 1 atom stereocenters. The molecule has 0 saturated carbocycles. The number of nitrogens with one attached hydrogen (secondary N) is 1. The van der Waals surface area contributed by atoms with E-state index < -0.39 is 4.92 Å². The van der Waals surface area contributed by atoms with Crippen LogP contribution in [0.5, 0.6) is 0 Å². The Balaban J connectivity index is 1.93. The fourth-order valence-electron chi connectivity index (χ4n) is 2.13. The summed E-state index contributed by atoms with van der Waals surface area (Å²) in [5.74, 6) is -0.250. The number of amides is 1. The van der Waals surface area contributed by atoms with Gasteiger partial charge in [-0.3, -0.25) is 14.9 Å². The van der Waals surface area contributed by atoms with Crippen molar-refractivity contribution in [3.8, 4) is 0 Å². The Morgan fingerprint density at radius 2 is 2.04 bits per heavy atom. The van der Waals surface area contributed by atoms with Crippen LogP contribution >= 0.6 is 23.2 Å². The van der Waals surface area contributed by atoms with Crippen LogP contribution in [0.15, 0.2) is 42.5 Å². The Kier molecular flexibility index (Phi) is 6.14. The second kappa shape index (κ2) is 8.10. The zero-order valence-corrected chi connectivity index (χ0v) is 14.3. The number of nitro groups is 1. The molecule has 126 valence electrons. The summed E-state index contributed by atoms with van der Waals surface area (Å²) in [6.07, 6.45) is 0. The van der Waals surface area contributed by atoms with Crippen LogP contribution in [0, 0.1) is 10.1 Å². The molecule has 0 aliphatic heterocycles. The molecule has 0 saturated heterocycles. The molecule has 0 bridgehead atoms. The maximum absolute atomic E-state index is 12.0. The van der Waals surface area contributed by atoms with Crippen molar-refractivity contribution in [2.45, 2.75) is 13.0 Å². The number of anilines is 1. The first-order valence-corrected chi connectivity index (χ1v) is 7.95. The third-order valence-electron chi connectivity index (χ3n) is 3.47. The maximum atomic E-state index is 12.0. The Morgan fingerprint density at radius 3 is 2.67 bits per heavy atom. The first-order valence-electron chi connectivity index (χ1n) is 7.19. The minimum Gasteiger partial charge on any atom is -0.333 e. The van der Waals surface area contributed by atoms with Gasteiger partial charge in [0.2, 0.25) is 0 Å². The Labute approximate surface area is 148 Å². The normalized spacial score (nSPS) is 11.8. The third kappa shape index (κ3) is 4.92. The van der Waals surface area contributed by atoms with Gasteiger partial charge in [-0.1, -0.05) is 35.3 Å². The molecule has 2 rings (SSSR count). The number of benzene rings is 2. The van der Waals surface area contributed by atoms with E-state index in [0.717, 1.165) is 5.56 Å². The molecular weight excluding hydrogens is 353 g/mol. The summed E-state index contributed by atoms with van der Waals surface area (Å²) in [6, 6.07) is 11.4. The molecule has 0 fully saturated rings. The summed E-state index contributed by atoms with van der Waals surface area (Å²) in [5.41, 5.74) is 1.24. The first kappa shape index (κ1) is 18.2. The zero-order valence-electron chi connectivity index (χ0n) is 12.8. The van der Waals surface area contributed by atoms with Gasteiger partial charge in [0.1, 0.15) is 6.04 Å². The molecule has 0 aliphatic rings. The molecule has 0 spiro atoms. The van der Waals surface area contributed by atoms with Gasteiger partial charge in [-0.2, -0.15) is 0 Å². The van der Waals surface area contributed by atoms with Crippen LogP contribution in [0.4, 0.5) is 11.4 Å². The minimum absolute atomic E-state index is 0.0572. The molecule has 8 heteroatoms. The van der Waals surface area contributed by atoms with Crippen molar-refractivity contribution >= 4 is 40.5 Å². The predicted molar refractivity (Wildman–Crippen MR) is 93.4 cm³/mol. The van der Waals surface area contributed by atoms with E-state index in [0.29, 0.717) is 10.7 Å². The zero-order chi connectivity index (χ0) is 17.7. The number of non-ortho nitro benzene ring substituents is 1. The third-order valence-corrected chi connectivity index (χ3v) is 4.02. The number of nitro benzene ring substituents is 1. The van der Waals surface area contributed by atoms with Gasteiger partial charge in [0.05, 0.1) is 15.6 Å². The summed E-state index contributed by atoms with van der Waals surface area (Å²) < 4.78 is 0. The summed E-state index contributed by atoms with van der Waals surface area (Å²) in [4.78, 5) is 22.1. The summed E-state index contributed by atoms with van der Waals surface area (Å²) in [5, 5.41) is 15.9. The molecular formula is C16H16Cl2N3O3+. The summed E-state index contributed by atoms with van der Waals surface area (Å²) >= 11 is 11.9. The number of nitrogens with two attached hydrogens (primary N) is 1. The lowest BCUT2D eigenvalue weighted by Gasteiger charge is -2.12. The molecule has 0 aromatic heterocycles. The van der Waals surface area contributed by atoms with E-state index in [9.17, 15) is 14.9 Å². The number of hydrogen-bond acceptors (Lipinski definition) is 3. The highest BCUT2D eigenvalue weighted by Gasteiger charge is 2.14. The molecule has 2 aromatic carbocycles. The average Bonchev–Trinajstić information content (AvgIpc) is 2.54. The fraction of sp³-hybridized carbons (Fsp3) is 0.188.